The first-order valence-corrected chi connectivity index (χ1v) is 17.0. The monoisotopic (exact) mass is 730 g/mol. The molecule has 3 aliphatic carbocycles. The van der Waals surface area contributed by atoms with E-state index in [1.165, 1.54) is 39.8 Å². The van der Waals surface area contributed by atoms with E-state index >= 15 is 0 Å². The molecular weight excluding hydrogens is 684 g/mol. The van der Waals surface area contributed by atoms with Crippen molar-refractivity contribution < 1.29 is 72.1 Å². The van der Waals surface area contributed by atoms with Gasteiger partial charge < -0.3 is 43.4 Å². The summed E-state index contributed by atoms with van der Waals surface area (Å²) in [6, 6.07) is 7.80. The number of aliphatic hydroxyl groups is 2. The zero-order valence-electron chi connectivity index (χ0n) is 30.6. The Morgan fingerprint density at radius 3 is 1.81 bits per heavy atom. The molecule has 0 spiro atoms. The van der Waals surface area contributed by atoms with E-state index in [2.05, 4.69) is 0 Å². The first-order valence-electron chi connectivity index (χ1n) is 17.0. The molecule has 15 heteroatoms. The number of hydrogen-bond acceptors (Lipinski definition) is 15. The zero-order chi connectivity index (χ0) is 38.7. The van der Waals surface area contributed by atoms with Crippen LogP contribution in [-0.4, -0.2) is 107 Å². The Kier molecular flexibility index (Phi) is 10.1. The molecule has 0 radical (unpaired) electrons. The minimum absolute atomic E-state index is 0.0727. The van der Waals surface area contributed by atoms with Gasteiger partial charge in [0, 0.05) is 52.4 Å². The number of ether oxygens (including phenoxy) is 7. The van der Waals surface area contributed by atoms with E-state index in [-0.39, 0.29) is 29.7 Å². The highest BCUT2D eigenvalue weighted by Gasteiger charge is 2.80. The molecule has 1 saturated heterocycles. The molecule has 1 aromatic carbocycles. The summed E-state index contributed by atoms with van der Waals surface area (Å²) in [6.07, 6.45) is -11.2. The maximum absolute atomic E-state index is 13.8. The first kappa shape index (κ1) is 38.9. The quantitative estimate of drug-likeness (QED) is 0.234. The number of carbonyl (C=O) groups is 6. The van der Waals surface area contributed by atoms with Crippen LogP contribution in [0, 0.1) is 16.7 Å². The normalized spacial score (nSPS) is 37.3. The van der Waals surface area contributed by atoms with Crippen LogP contribution in [0.15, 0.2) is 41.5 Å². The Balaban J connectivity index is 1.93. The largest absolute Gasteiger partial charge is 0.462 e. The molecule has 15 nitrogen and oxygen atoms in total. The predicted molar refractivity (Wildman–Crippen MR) is 176 cm³/mol. The second-order valence-corrected chi connectivity index (χ2v) is 14.8. The zero-order valence-corrected chi connectivity index (χ0v) is 30.6. The Bertz CT molecular complexity index is 1680. The van der Waals surface area contributed by atoms with Crippen molar-refractivity contribution in [3.8, 4) is 0 Å². The van der Waals surface area contributed by atoms with E-state index in [0.717, 1.165) is 34.6 Å². The summed E-state index contributed by atoms with van der Waals surface area (Å²) in [4.78, 5) is 78.2. The standard InChI is InChI=1S/C37H46O15/c1-17-26-28(49-20(4)40)31(50-21(5)41)35(9)24(47-18(2)38)15-25-36(16-46-25,52-22(6)42)29(35)30(43)37(45,34(26,7)8)32(27(17)48-19(3)39)51-33(44)23-13-11-10-12-14-23/h10-14,24-25,27-32,43,45H,15-16H2,1-9H3/t24-,25+,27+,28+,29-,30-,31-,32-,35+,36-,37-/m0/s1. The molecule has 284 valence electrons. The molecule has 2 bridgehead atoms. The van der Waals surface area contributed by atoms with Gasteiger partial charge in [0.2, 0.25) is 0 Å². The number of aliphatic hydroxyl groups excluding tert-OH is 1. The van der Waals surface area contributed by atoms with Gasteiger partial charge in [0.15, 0.2) is 30.0 Å². The van der Waals surface area contributed by atoms with Crippen molar-refractivity contribution in [1.29, 1.82) is 0 Å². The summed E-state index contributed by atoms with van der Waals surface area (Å²) in [6.45, 7) is 11.4. The second kappa shape index (κ2) is 13.6. The first-order chi connectivity index (χ1) is 24.1. The number of hydrogen-bond donors (Lipinski definition) is 2. The molecule has 5 rings (SSSR count). The Hall–Kier alpha value is -4.34. The van der Waals surface area contributed by atoms with Crippen molar-refractivity contribution in [2.45, 2.75) is 123 Å². The van der Waals surface area contributed by atoms with Crippen LogP contribution in [0.25, 0.3) is 0 Å². The predicted octanol–water partition coefficient (Wildman–Crippen LogP) is 2.13. The lowest BCUT2D eigenvalue weighted by Crippen LogP contribution is -2.84. The van der Waals surface area contributed by atoms with Gasteiger partial charge >= 0.3 is 35.8 Å². The van der Waals surface area contributed by atoms with Gasteiger partial charge in [0.1, 0.15) is 17.8 Å². The number of esters is 6. The van der Waals surface area contributed by atoms with E-state index in [9.17, 15) is 39.0 Å². The van der Waals surface area contributed by atoms with E-state index in [1.54, 1.807) is 18.2 Å². The molecule has 0 amide bonds. The van der Waals surface area contributed by atoms with Gasteiger partial charge in [-0.2, -0.15) is 0 Å². The van der Waals surface area contributed by atoms with E-state index in [0.29, 0.717) is 0 Å². The van der Waals surface area contributed by atoms with Gasteiger partial charge in [-0.3, -0.25) is 24.0 Å². The smallest absolute Gasteiger partial charge is 0.338 e. The third-order valence-corrected chi connectivity index (χ3v) is 11.3. The highest BCUT2D eigenvalue weighted by atomic mass is 16.6. The average Bonchev–Trinajstić information content (AvgIpc) is 3.03. The van der Waals surface area contributed by atoms with E-state index in [1.807, 2.05) is 0 Å². The van der Waals surface area contributed by atoms with Gasteiger partial charge in [0.25, 0.3) is 0 Å². The number of fused-ring (bicyclic) bond motifs is 5. The molecular formula is C37H46O15. The molecule has 1 heterocycles. The van der Waals surface area contributed by atoms with Crippen molar-refractivity contribution in [3.05, 3.63) is 47.0 Å². The van der Waals surface area contributed by atoms with Gasteiger partial charge in [-0.25, -0.2) is 4.79 Å². The van der Waals surface area contributed by atoms with E-state index < -0.39 is 106 Å². The van der Waals surface area contributed by atoms with Crippen molar-refractivity contribution in [1.82, 2.24) is 0 Å². The Morgan fingerprint density at radius 1 is 0.750 bits per heavy atom. The minimum Gasteiger partial charge on any atom is -0.462 e. The SMILES string of the molecule is CC(=O)O[C@@H]1C2=C(C)[C@@H](OC(C)=O)[C@H](OC(=O)c3ccccc3)[C@@](O)([C@@H](O)[C@@H]3[C@]4(OC(C)=O)CO[C@@H]4C[C@H](OC(C)=O)[C@@]3(C)[C@H]1OC(C)=O)C2(C)C. The second-order valence-electron chi connectivity index (χ2n) is 14.8. The van der Waals surface area contributed by atoms with Crippen LogP contribution in [0.3, 0.4) is 0 Å². The third kappa shape index (κ3) is 5.96. The summed E-state index contributed by atoms with van der Waals surface area (Å²) in [5.74, 6) is -6.58. The molecule has 3 fully saturated rings. The fourth-order valence-corrected chi connectivity index (χ4v) is 9.30. The van der Waals surface area contributed by atoms with E-state index in [4.69, 9.17) is 33.2 Å². The Labute approximate surface area is 300 Å². The molecule has 52 heavy (non-hydrogen) atoms. The number of benzene rings is 1. The van der Waals surface area contributed by atoms with Crippen molar-refractivity contribution >= 4 is 35.8 Å². The fourth-order valence-electron chi connectivity index (χ4n) is 9.30. The van der Waals surface area contributed by atoms with Crippen molar-refractivity contribution in [2.24, 2.45) is 16.7 Å². The Morgan fingerprint density at radius 2 is 1.31 bits per heavy atom. The van der Waals surface area contributed by atoms with Crippen LogP contribution in [0.1, 0.15) is 79.1 Å². The van der Waals surface area contributed by atoms with Gasteiger partial charge in [-0.1, -0.05) is 39.0 Å². The molecule has 1 aromatic rings. The lowest BCUT2D eigenvalue weighted by Gasteiger charge is -2.69. The molecule has 1 aliphatic heterocycles. The van der Waals surface area contributed by atoms with Crippen LogP contribution >= 0.6 is 0 Å². The van der Waals surface area contributed by atoms with Gasteiger partial charge in [0.05, 0.1) is 23.7 Å². The summed E-state index contributed by atoms with van der Waals surface area (Å²) in [7, 11) is 0. The summed E-state index contributed by atoms with van der Waals surface area (Å²) in [5.41, 5.74) is -7.75. The van der Waals surface area contributed by atoms with Crippen LogP contribution in [0.5, 0.6) is 0 Å². The van der Waals surface area contributed by atoms with Crippen LogP contribution < -0.4 is 0 Å². The summed E-state index contributed by atoms with van der Waals surface area (Å²) < 4.78 is 41.7. The molecule has 0 unspecified atom stereocenters. The average molecular weight is 731 g/mol. The molecule has 0 aromatic heterocycles. The molecule has 11 atom stereocenters. The molecule has 2 saturated carbocycles. The lowest BCUT2D eigenvalue weighted by molar-refractivity contribution is -0.371. The number of carbonyl (C=O) groups excluding carboxylic acids is 6. The highest BCUT2D eigenvalue weighted by Crippen LogP contribution is 2.66. The maximum Gasteiger partial charge on any atom is 0.338 e. The van der Waals surface area contributed by atoms with Crippen LogP contribution in [-0.2, 0) is 57.1 Å². The van der Waals surface area contributed by atoms with Gasteiger partial charge in [-0.15, -0.1) is 0 Å². The highest BCUT2D eigenvalue weighted by molar-refractivity contribution is 5.89. The van der Waals surface area contributed by atoms with Crippen molar-refractivity contribution in [3.63, 3.8) is 0 Å². The third-order valence-electron chi connectivity index (χ3n) is 11.3. The fraction of sp³-hybridized carbons (Fsp3) is 0.622. The molecule has 2 N–H and O–H groups in total. The van der Waals surface area contributed by atoms with Gasteiger partial charge in [-0.05, 0) is 30.2 Å². The van der Waals surface area contributed by atoms with Crippen LogP contribution in [0.2, 0.25) is 0 Å². The topological polar surface area (TPSA) is 207 Å². The summed E-state index contributed by atoms with van der Waals surface area (Å²) >= 11 is 0. The van der Waals surface area contributed by atoms with Crippen molar-refractivity contribution in [2.75, 3.05) is 6.61 Å². The lowest BCUT2D eigenvalue weighted by atomic mass is 9.43. The van der Waals surface area contributed by atoms with Crippen LogP contribution in [0.4, 0.5) is 0 Å². The summed E-state index contributed by atoms with van der Waals surface area (Å²) in [5, 5.41) is 26.6. The maximum atomic E-state index is 13.8. The minimum atomic E-state index is -2.68. The number of rotatable bonds is 7. The molecule has 4 aliphatic rings.